The zero-order chi connectivity index (χ0) is 15.4. The highest BCUT2D eigenvalue weighted by Gasteiger charge is 2.30. The number of benzene rings is 1. The maximum Gasteiger partial charge on any atom is 0.123 e. The molecule has 0 aliphatic carbocycles. The Labute approximate surface area is 127 Å². The predicted octanol–water partition coefficient (Wildman–Crippen LogP) is 2.89. The Bertz CT molecular complexity index is 464. The Hall–Kier alpha value is -0.970. The van der Waals surface area contributed by atoms with Crippen LogP contribution in [0.15, 0.2) is 18.2 Å². The van der Waals surface area contributed by atoms with E-state index >= 15 is 0 Å². The zero-order valence-corrected chi connectivity index (χ0v) is 13.5. The maximum absolute atomic E-state index is 13.3. The number of hydrogen-bond donors (Lipinski definition) is 1. The van der Waals surface area contributed by atoms with Gasteiger partial charge in [-0.2, -0.15) is 0 Å². The van der Waals surface area contributed by atoms with E-state index in [1.54, 1.807) is 6.07 Å². The Kier molecular flexibility index (Phi) is 5.73. The lowest BCUT2D eigenvalue weighted by Gasteiger charge is -2.39. The molecule has 2 rings (SSSR count). The largest absolute Gasteiger partial charge is 0.374 e. The van der Waals surface area contributed by atoms with Crippen LogP contribution >= 0.6 is 0 Å². The van der Waals surface area contributed by atoms with Crippen molar-refractivity contribution in [3.8, 4) is 0 Å². The molecule has 0 saturated carbocycles. The summed E-state index contributed by atoms with van der Waals surface area (Å²) in [6, 6.07) is 5.65. The molecule has 2 unspecified atom stereocenters. The minimum absolute atomic E-state index is 0.102. The second-order valence-electron chi connectivity index (χ2n) is 6.03. The maximum atomic E-state index is 13.3. The monoisotopic (exact) mass is 294 g/mol. The van der Waals surface area contributed by atoms with E-state index in [-0.39, 0.29) is 18.0 Å². The lowest BCUT2D eigenvalue weighted by molar-refractivity contribution is -0.0559. The number of rotatable bonds is 5. The third-order valence-corrected chi connectivity index (χ3v) is 4.22. The summed E-state index contributed by atoms with van der Waals surface area (Å²) in [6.07, 6.45) is 0.102. The summed E-state index contributed by atoms with van der Waals surface area (Å²) in [5.74, 6) is -0.181. The zero-order valence-electron chi connectivity index (χ0n) is 13.5. The molecular formula is C17H27FN2O. The van der Waals surface area contributed by atoms with Gasteiger partial charge in [0.2, 0.25) is 0 Å². The molecule has 1 heterocycles. The fraction of sp³-hybridized carbons (Fsp3) is 0.647. The van der Waals surface area contributed by atoms with Gasteiger partial charge in [-0.1, -0.05) is 13.0 Å². The van der Waals surface area contributed by atoms with Crippen LogP contribution in [-0.4, -0.2) is 43.3 Å². The fourth-order valence-corrected chi connectivity index (χ4v) is 3.02. The van der Waals surface area contributed by atoms with E-state index in [2.05, 4.69) is 31.0 Å². The normalized spacial score (nSPS) is 21.7. The van der Waals surface area contributed by atoms with Gasteiger partial charge in [-0.25, -0.2) is 4.39 Å². The lowest BCUT2D eigenvalue weighted by Crippen LogP contribution is -2.50. The summed E-state index contributed by atoms with van der Waals surface area (Å²) in [7, 11) is 0. The number of nitrogens with zero attached hydrogens (tertiary/aromatic N) is 1. The molecule has 1 aromatic rings. The standard InChI is InChI=1S/C17H27FN2O/c1-5-19-17(15-7-6-14(18)10-13(15)4)16-11-20(12(2)3)8-9-21-16/h6-7,10,12,16-17,19H,5,8-9,11H2,1-4H3. The molecule has 1 saturated heterocycles. The SMILES string of the molecule is CCNC(c1ccc(F)cc1C)C1CN(C(C)C)CCO1. The van der Waals surface area contributed by atoms with Gasteiger partial charge in [0, 0.05) is 19.1 Å². The number of hydrogen-bond acceptors (Lipinski definition) is 3. The van der Waals surface area contributed by atoms with Crippen molar-refractivity contribution >= 4 is 0 Å². The van der Waals surface area contributed by atoms with Crippen molar-refractivity contribution in [3.05, 3.63) is 35.1 Å². The Morgan fingerprint density at radius 2 is 2.19 bits per heavy atom. The summed E-state index contributed by atoms with van der Waals surface area (Å²) in [5, 5.41) is 3.51. The first kappa shape index (κ1) is 16.4. The van der Waals surface area contributed by atoms with Gasteiger partial charge in [-0.05, 0) is 50.6 Å². The molecule has 3 nitrogen and oxygen atoms in total. The number of ether oxygens (including phenoxy) is 1. The van der Waals surface area contributed by atoms with Gasteiger partial charge in [0.05, 0.1) is 18.8 Å². The molecule has 1 aromatic carbocycles. The minimum atomic E-state index is -0.181. The van der Waals surface area contributed by atoms with Crippen LogP contribution in [0.2, 0.25) is 0 Å². The summed E-state index contributed by atoms with van der Waals surface area (Å²) in [5.41, 5.74) is 2.11. The second kappa shape index (κ2) is 7.34. The summed E-state index contributed by atoms with van der Waals surface area (Å²) < 4.78 is 19.4. The molecule has 1 N–H and O–H groups in total. The van der Waals surface area contributed by atoms with E-state index in [0.29, 0.717) is 6.04 Å². The number of nitrogens with one attached hydrogen (secondary N) is 1. The van der Waals surface area contributed by atoms with Crippen molar-refractivity contribution in [3.63, 3.8) is 0 Å². The van der Waals surface area contributed by atoms with E-state index in [9.17, 15) is 4.39 Å². The van der Waals surface area contributed by atoms with E-state index in [0.717, 1.165) is 37.4 Å². The van der Waals surface area contributed by atoms with Crippen LogP contribution in [-0.2, 0) is 4.74 Å². The Balaban J connectivity index is 2.21. The van der Waals surface area contributed by atoms with Crippen molar-refractivity contribution < 1.29 is 9.13 Å². The van der Waals surface area contributed by atoms with Gasteiger partial charge < -0.3 is 10.1 Å². The van der Waals surface area contributed by atoms with E-state index < -0.39 is 0 Å². The lowest BCUT2D eigenvalue weighted by atomic mass is 9.95. The van der Waals surface area contributed by atoms with Crippen LogP contribution in [0, 0.1) is 12.7 Å². The van der Waals surface area contributed by atoms with Gasteiger partial charge in [-0.3, -0.25) is 4.90 Å². The van der Waals surface area contributed by atoms with Gasteiger partial charge in [0.25, 0.3) is 0 Å². The molecule has 118 valence electrons. The number of aryl methyl sites for hydroxylation is 1. The summed E-state index contributed by atoms with van der Waals surface area (Å²) in [6.45, 7) is 12.0. The van der Waals surface area contributed by atoms with Crippen LogP contribution in [0.5, 0.6) is 0 Å². The third kappa shape index (κ3) is 4.02. The first-order valence-corrected chi connectivity index (χ1v) is 7.88. The highest BCUT2D eigenvalue weighted by molar-refractivity contribution is 5.30. The molecule has 1 aliphatic rings. The van der Waals surface area contributed by atoms with Crippen LogP contribution < -0.4 is 5.32 Å². The topological polar surface area (TPSA) is 24.5 Å². The van der Waals surface area contributed by atoms with Crippen LogP contribution in [0.25, 0.3) is 0 Å². The van der Waals surface area contributed by atoms with Gasteiger partial charge in [0.1, 0.15) is 5.82 Å². The highest BCUT2D eigenvalue weighted by Crippen LogP contribution is 2.26. The average Bonchev–Trinajstić information content (AvgIpc) is 2.45. The molecule has 21 heavy (non-hydrogen) atoms. The molecule has 0 spiro atoms. The highest BCUT2D eigenvalue weighted by atomic mass is 19.1. The summed E-state index contributed by atoms with van der Waals surface area (Å²) in [4.78, 5) is 2.44. The number of likely N-dealkylation sites (N-methyl/N-ethyl adjacent to an activating group) is 1. The first-order valence-electron chi connectivity index (χ1n) is 7.88. The number of halogens is 1. The van der Waals surface area contributed by atoms with E-state index in [1.807, 2.05) is 13.0 Å². The van der Waals surface area contributed by atoms with Gasteiger partial charge >= 0.3 is 0 Å². The molecule has 0 bridgehead atoms. The molecule has 0 aromatic heterocycles. The van der Waals surface area contributed by atoms with E-state index in [1.165, 1.54) is 6.07 Å². The smallest absolute Gasteiger partial charge is 0.123 e. The van der Waals surface area contributed by atoms with Crippen molar-refractivity contribution in [2.45, 2.75) is 45.9 Å². The fourth-order valence-electron chi connectivity index (χ4n) is 3.02. The minimum Gasteiger partial charge on any atom is -0.374 e. The Morgan fingerprint density at radius 1 is 1.43 bits per heavy atom. The Morgan fingerprint density at radius 3 is 2.81 bits per heavy atom. The molecule has 2 atom stereocenters. The van der Waals surface area contributed by atoms with Crippen LogP contribution in [0.1, 0.15) is 37.9 Å². The van der Waals surface area contributed by atoms with Crippen molar-refractivity contribution in [2.75, 3.05) is 26.2 Å². The molecule has 1 aliphatic heterocycles. The number of morpholine rings is 1. The third-order valence-electron chi connectivity index (χ3n) is 4.22. The van der Waals surface area contributed by atoms with Gasteiger partial charge in [-0.15, -0.1) is 0 Å². The van der Waals surface area contributed by atoms with Crippen molar-refractivity contribution in [1.29, 1.82) is 0 Å². The van der Waals surface area contributed by atoms with Gasteiger partial charge in [0.15, 0.2) is 0 Å². The molecule has 4 heteroatoms. The second-order valence-corrected chi connectivity index (χ2v) is 6.03. The predicted molar refractivity (Wildman–Crippen MR) is 84.0 cm³/mol. The molecule has 0 amide bonds. The van der Waals surface area contributed by atoms with Crippen molar-refractivity contribution in [2.24, 2.45) is 0 Å². The molecule has 0 radical (unpaired) electrons. The molecule has 1 fully saturated rings. The van der Waals surface area contributed by atoms with Crippen LogP contribution in [0.3, 0.4) is 0 Å². The summed E-state index contributed by atoms with van der Waals surface area (Å²) >= 11 is 0. The van der Waals surface area contributed by atoms with E-state index in [4.69, 9.17) is 4.74 Å². The van der Waals surface area contributed by atoms with Crippen LogP contribution in [0.4, 0.5) is 4.39 Å². The average molecular weight is 294 g/mol. The quantitative estimate of drug-likeness (QED) is 0.904. The first-order chi connectivity index (χ1) is 10.0. The van der Waals surface area contributed by atoms with Crippen molar-refractivity contribution in [1.82, 2.24) is 10.2 Å². The molecular weight excluding hydrogens is 267 g/mol.